The lowest BCUT2D eigenvalue weighted by Crippen LogP contribution is -2.59. The average molecular weight is 229 g/mol. The van der Waals surface area contributed by atoms with Gasteiger partial charge in [0.05, 0.1) is 13.1 Å². The van der Waals surface area contributed by atoms with E-state index in [9.17, 15) is 4.79 Å². The first-order valence-electron chi connectivity index (χ1n) is 6.32. The number of hydrogen-bond acceptors (Lipinski definition) is 3. The smallest absolute Gasteiger partial charge is 0.362 e. The van der Waals surface area contributed by atoms with Crippen molar-refractivity contribution in [2.24, 2.45) is 0 Å². The van der Waals surface area contributed by atoms with Crippen molar-refractivity contribution in [1.82, 2.24) is 5.32 Å². The van der Waals surface area contributed by atoms with Crippen molar-refractivity contribution in [3.8, 4) is 0 Å². The first kappa shape index (κ1) is 13.5. The van der Waals surface area contributed by atoms with Gasteiger partial charge in [-0.05, 0) is 6.42 Å². The zero-order valence-electron chi connectivity index (χ0n) is 10.8. The third-order valence-corrected chi connectivity index (χ3v) is 3.13. The Balaban J connectivity index is 2.47. The van der Waals surface area contributed by atoms with Crippen LogP contribution in [-0.4, -0.2) is 55.8 Å². The Kier molecular flexibility index (Phi) is 5.22. The van der Waals surface area contributed by atoms with Crippen LogP contribution in [0.4, 0.5) is 0 Å². The van der Waals surface area contributed by atoms with Crippen LogP contribution < -0.4 is 5.32 Å². The number of ether oxygens (including phenoxy) is 1. The highest BCUT2D eigenvalue weighted by Gasteiger charge is 2.34. The topological polar surface area (TPSA) is 38.3 Å². The van der Waals surface area contributed by atoms with E-state index in [1.807, 2.05) is 0 Å². The Morgan fingerprint density at radius 2 is 2.19 bits per heavy atom. The Labute approximate surface area is 98.5 Å². The van der Waals surface area contributed by atoms with Gasteiger partial charge in [-0.15, -0.1) is 0 Å². The number of esters is 1. The second-order valence-electron chi connectivity index (χ2n) is 5.00. The maximum Gasteiger partial charge on any atom is 0.362 e. The number of nitrogens with one attached hydrogen (secondary N) is 1. The number of nitrogens with zero attached hydrogens (tertiary/aromatic N) is 1. The predicted molar refractivity (Wildman–Crippen MR) is 64.1 cm³/mol. The third-order valence-electron chi connectivity index (χ3n) is 3.13. The minimum absolute atomic E-state index is 0.0377. The molecule has 0 aromatic heterocycles. The molecule has 0 aromatic carbocycles. The van der Waals surface area contributed by atoms with Crippen molar-refractivity contribution in [3.05, 3.63) is 0 Å². The zero-order valence-corrected chi connectivity index (χ0v) is 10.8. The summed E-state index contributed by atoms with van der Waals surface area (Å²) < 4.78 is 5.93. The molecule has 1 aliphatic rings. The first-order chi connectivity index (χ1) is 7.58. The number of carbonyl (C=O) groups excluding carboxylic acids is 1. The van der Waals surface area contributed by atoms with Gasteiger partial charge in [-0.1, -0.05) is 20.8 Å². The predicted octanol–water partition coefficient (Wildman–Crippen LogP) is 0.768. The molecule has 1 aliphatic heterocycles. The molecule has 0 radical (unpaired) electrons. The number of quaternary nitrogens is 1. The van der Waals surface area contributed by atoms with E-state index in [2.05, 4.69) is 26.1 Å². The molecule has 1 rings (SSSR count). The van der Waals surface area contributed by atoms with E-state index in [0.717, 1.165) is 37.1 Å². The Morgan fingerprint density at radius 1 is 1.44 bits per heavy atom. The number of rotatable bonds is 6. The summed E-state index contributed by atoms with van der Waals surface area (Å²) in [6.07, 6.45) is 1.12. The SMILES string of the molecule is CCC[N+]1(CCNC(C)C)CCOC(=O)C1. The zero-order chi connectivity index (χ0) is 12.0. The van der Waals surface area contributed by atoms with Crippen LogP contribution in [-0.2, 0) is 9.53 Å². The molecular weight excluding hydrogens is 204 g/mol. The molecule has 1 heterocycles. The first-order valence-corrected chi connectivity index (χ1v) is 6.32. The molecule has 0 aliphatic carbocycles. The van der Waals surface area contributed by atoms with E-state index in [4.69, 9.17) is 4.74 Å². The maximum absolute atomic E-state index is 11.4. The van der Waals surface area contributed by atoms with Crippen LogP contribution in [0.5, 0.6) is 0 Å². The van der Waals surface area contributed by atoms with Crippen molar-refractivity contribution >= 4 is 5.97 Å². The summed E-state index contributed by atoms with van der Waals surface area (Å²) in [6, 6.07) is 0.512. The molecule has 4 heteroatoms. The monoisotopic (exact) mass is 229 g/mol. The highest BCUT2D eigenvalue weighted by atomic mass is 16.5. The van der Waals surface area contributed by atoms with Gasteiger partial charge >= 0.3 is 5.97 Å². The van der Waals surface area contributed by atoms with Crippen molar-refractivity contribution in [2.75, 3.05) is 39.3 Å². The number of hydrogen-bond donors (Lipinski definition) is 1. The van der Waals surface area contributed by atoms with Gasteiger partial charge < -0.3 is 14.5 Å². The highest BCUT2D eigenvalue weighted by molar-refractivity contribution is 5.71. The van der Waals surface area contributed by atoms with Gasteiger partial charge in [0.1, 0.15) is 13.2 Å². The van der Waals surface area contributed by atoms with E-state index in [1.54, 1.807) is 0 Å². The van der Waals surface area contributed by atoms with Crippen LogP contribution in [0.1, 0.15) is 27.2 Å². The van der Waals surface area contributed by atoms with E-state index >= 15 is 0 Å². The van der Waals surface area contributed by atoms with E-state index in [-0.39, 0.29) is 5.97 Å². The van der Waals surface area contributed by atoms with Crippen molar-refractivity contribution in [2.45, 2.75) is 33.2 Å². The van der Waals surface area contributed by atoms with E-state index in [1.165, 1.54) is 0 Å². The van der Waals surface area contributed by atoms with Gasteiger partial charge in [-0.2, -0.15) is 0 Å². The van der Waals surface area contributed by atoms with Crippen molar-refractivity contribution in [1.29, 1.82) is 0 Å². The number of carbonyl (C=O) groups is 1. The van der Waals surface area contributed by atoms with Gasteiger partial charge in [0.15, 0.2) is 6.54 Å². The fourth-order valence-corrected chi connectivity index (χ4v) is 2.31. The van der Waals surface area contributed by atoms with Crippen LogP contribution in [0.15, 0.2) is 0 Å². The Hall–Kier alpha value is -0.610. The van der Waals surface area contributed by atoms with Crippen LogP contribution >= 0.6 is 0 Å². The highest BCUT2D eigenvalue weighted by Crippen LogP contribution is 2.12. The third kappa shape index (κ3) is 4.10. The standard InChI is InChI=1S/C12H25N2O2/c1-4-6-14(7-5-13-11(2)3)8-9-16-12(15)10-14/h11,13H,4-10H2,1-3H3/q+1. The minimum atomic E-state index is -0.0377. The lowest BCUT2D eigenvalue weighted by Gasteiger charge is -2.40. The number of cyclic esters (lactones) is 1. The quantitative estimate of drug-likeness (QED) is 0.540. The molecule has 1 saturated heterocycles. The van der Waals surface area contributed by atoms with Crippen LogP contribution in [0.3, 0.4) is 0 Å². The van der Waals surface area contributed by atoms with Crippen LogP contribution in [0, 0.1) is 0 Å². The molecular formula is C12H25N2O2+. The van der Waals surface area contributed by atoms with Gasteiger partial charge in [0.25, 0.3) is 0 Å². The van der Waals surface area contributed by atoms with E-state index < -0.39 is 0 Å². The molecule has 0 saturated carbocycles. The summed E-state index contributed by atoms with van der Waals surface area (Å²) in [5.41, 5.74) is 0. The van der Waals surface area contributed by atoms with Crippen molar-refractivity contribution in [3.63, 3.8) is 0 Å². The lowest BCUT2D eigenvalue weighted by molar-refractivity contribution is -0.924. The molecule has 94 valence electrons. The molecule has 1 atom stereocenters. The molecule has 4 nitrogen and oxygen atoms in total. The molecule has 1 N–H and O–H groups in total. The fraction of sp³-hybridized carbons (Fsp3) is 0.917. The molecule has 1 unspecified atom stereocenters. The Bertz CT molecular complexity index is 227. The Morgan fingerprint density at radius 3 is 2.75 bits per heavy atom. The normalized spacial score (nSPS) is 25.9. The largest absolute Gasteiger partial charge is 0.456 e. The summed E-state index contributed by atoms with van der Waals surface area (Å²) in [4.78, 5) is 11.4. The number of morpholine rings is 1. The van der Waals surface area contributed by atoms with Crippen LogP contribution in [0.25, 0.3) is 0 Å². The summed E-state index contributed by atoms with van der Waals surface area (Å²) in [7, 11) is 0. The molecule has 0 bridgehead atoms. The van der Waals surface area contributed by atoms with Gasteiger partial charge in [0.2, 0.25) is 0 Å². The molecule has 0 amide bonds. The second kappa shape index (κ2) is 6.21. The van der Waals surface area contributed by atoms with Crippen molar-refractivity contribution < 1.29 is 14.0 Å². The summed E-state index contributed by atoms with van der Waals surface area (Å²) >= 11 is 0. The average Bonchev–Trinajstić information content (AvgIpc) is 2.17. The summed E-state index contributed by atoms with van der Waals surface area (Å²) in [5.74, 6) is -0.0377. The minimum Gasteiger partial charge on any atom is -0.456 e. The van der Waals surface area contributed by atoms with Gasteiger partial charge in [0, 0.05) is 12.6 Å². The molecule has 0 spiro atoms. The molecule has 0 aromatic rings. The summed E-state index contributed by atoms with van der Waals surface area (Å²) in [6.45, 7) is 11.7. The van der Waals surface area contributed by atoms with Gasteiger partial charge in [-0.25, -0.2) is 4.79 Å². The fourth-order valence-electron chi connectivity index (χ4n) is 2.31. The van der Waals surface area contributed by atoms with E-state index in [0.29, 0.717) is 19.2 Å². The maximum atomic E-state index is 11.4. The summed E-state index contributed by atoms with van der Waals surface area (Å²) in [5, 5.41) is 3.42. The molecule has 1 fully saturated rings. The molecule has 16 heavy (non-hydrogen) atoms. The second-order valence-corrected chi connectivity index (χ2v) is 5.00. The van der Waals surface area contributed by atoms with Crippen LogP contribution in [0.2, 0.25) is 0 Å². The van der Waals surface area contributed by atoms with Gasteiger partial charge in [-0.3, -0.25) is 0 Å². The lowest BCUT2D eigenvalue weighted by atomic mass is 10.2.